The summed E-state index contributed by atoms with van der Waals surface area (Å²) in [7, 11) is -3.08. The lowest BCUT2D eigenvalue weighted by molar-refractivity contribution is 0.0714. The highest BCUT2D eigenvalue weighted by atomic mass is 32.2. The van der Waals surface area contributed by atoms with Crippen molar-refractivity contribution < 1.29 is 13.2 Å². The van der Waals surface area contributed by atoms with Crippen LogP contribution in [0.15, 0.2) is 18.5 Å². The lowest BCUT2D eigenvalue weighted by Gasteiger charge is -2.26. The first-order chi connectivity index (χ1) is 10.4. The Hall–Kier alpha value is -1.96. The Kier molecular flexibility index (Phi) is 3.64. The fraction of sp³-hybridized carbons (Fsp3) is 0.500. The predicted molar refractivity (Wildman–Crippen MR) is 81.5 cm³/mol. The van der Waals surface area contributed by atoms with Gasteiger partial charge in [0.15, 0.2) is 15.5 Å². The second-order valence-electron chi connectivity index (χ2n) is 5.71. The molecule has 1 aliphatic heterocycles. The van der Waals surface area contributed by atoms with E-state index in [9.17, 15) is 13.2 Å². The van der Waals surface area contributed by atoms with E-state index < -0.39 is 9.84 Å². The molecule has 0 radical (unpaired) electrons. The maximum atomic E-state index is 12.8. The molecule has 22 heavy (non-hydrogen) atoms. The van der Waals surface area contributed by atoms with Gasteiger partial charge in [-0.25, -0.2) is 17.9 Å². The van der Waals surface area contributed by atoms with E-state index in [1.807, 2.05) is 13.0 Å². The molecule has 3 rings (SSSR count). The van der Waals surface area contributed by atoms with Crippen molar-refractivity contribution >= 4 is 21.4 Å². The zero-order chi connectivity index (χ0) is 15.9. The SMILES string of the molecule is Cc1ccn2ncc(C(=O)N3CCCS(=O)(=O)CC3C)c2n1. The summed E-state index contributed by atoms with van der Waals surface area (Å²) in [4.78, 5) is 18.8. The fourth-order valence-corrected chi connectivity index (χ4v) is 4.43. The van der Waals surface area contributed by atoms with E-state index in [0.29, 0.717) is 24.2 Å². The van der Waals surface area contributed by atoms with Crippen molar-refractivity contribution in [2.45, 2.75) is 26.3 Å². The number of amides is 1. The summed E-state index contributed by atoms with van der Waals surface area (Å²) < 4.78 is 25.2. The van der Waals surface area contributed by atoms with Crippen molar-refractivity contribution in [2.75, 3.05) is 18.1 Å². The zero-order valence-corrected chi connectivity index (χ0v) is 13.4. The van der Waals surface area contributed by atoms with Crippen LogP contribution in [0, 0.1) is 6.92 Å². The number of hydrogen-bond acceptors (Lipinski definition) is 5. The van der Waals surface area contributed by atoms with Crippen LogP contribution in [0.2, 0.25) is 0 Å². The number of sulfone groups is 1. The van der Waals surface area contributed by atoms with Gasteiger partial charge in [-0.05, 0) is 26.3 Å². The molecule has 2 aromatic heterocycles. The summed E-state index contributed by atoms with van der Waals surface area (Å²) in [6, 6.07) is 1.47. The first-order valence-corrected chi connectivity index (χ1v) is 9.02. The van der Waals surface area contributed by atoms with Gasteiger partial charge >= 0.3 is 0 Å². The third-order valence-corrected chi connectivity index (χ3v) is 5.78. The largest absolute Gasteiger partial charge is 0.335 e. The van der Waals surface area contributed by atoms with Gasteiger partial charge < -0.3 is 4.90 Å². The minimum absolute atomic E-state index is 0.00437. The van der Waals surface area contributed by atoms with Crippen LogP contribution in [0.4, 0.5) is 0 Å². The van der Waals surface area contributed by atoms with Crippen LogP contribution in [0.5, 0.6) is 0 Å². The lowest BCUT2D eigenvalue weighted by Crippen LogP contribution is -2.40. The first-order valence-electron chi connectivity index (χ1n) is 7.20. The normalized spacial score (nSPS) is 21.7. The van der Waals surface area contributed by atoms with Crippen LogP contribution in [0.3, 0.4) is 0 Å². The molecule has 2 aromatic rings. The summed E-state index contributed by atoms with van der Waals surface area (Å²) in [5.74, 6) is -0.0739. The molecule has 1 aliphatic rings. The molecule has 0 spiro atoms. The van der Waals surface area contributed by atoms with Crippen molar-refractivity contribution in [1.29, 1.82) is 0 Å². The van der Waals surface area contributed by atoms with E-state index in [4.69, 9.17) is 0 Å². The van der Waals surface area contributed by atoms with E-state index in [0.717, 1.165) is 5.69 Å². The smallest absolute Gasteiger partial charge is 0.259 e. The van der Waals surface area contributed by atoms with Gasteiger partial charge in [0.2, 0.25) is 0 Å². The average molecular weight is 322 g/mol. The van der Waals surface area contributed by atoms with Gasteiger partial charge in [-0.1, -0.05) is 0 Å². The minimum atomic E-state index is -3.08. The number of carbonyl (C=O) groups excluding carboxylic acids is 1. The number of rotatable bonds is 1. The van der Waals surface area contributed by atoms with Gasteiger partial charge in [-0.3, -0.25) is 4.79 Å². The Morgan fingerprint density at radius 3 is 2.95 bits per heavy atom. The standard InChI is InChI=1S/C14H18N4O3S/c1-10-4-6-18-13(16-10)12(8-15-18)14(19)17-5-3-7-22(20,21)9-11(17)2/h4,6,8,11H,3,5,7,9H2,1-2H3. The molecule has 1 fully saturated rings. The molecule has 0 saturated carbocycles. The Labute approximate surface area is 128 Å². The molecular formula is C14H18N4O3S. The minimum Gasteiger partial charge on any atom is -0.335 e. The topological polar surface area (TPSA) is 84.6 Å². The van der Waals surface area contributed by atoms with Crippen LogP contribution in [-0.4, -0.2) is 57.9 Å². The maximum absolute atomic E-state index is 12.8. The van der Waals surface area contributed by atoms with E-state index >= 15 is 0 Å². The molecule has 0 bridgehead atoms. The van der Waals surface area contributed by atoms with E-state index in [-0.39, 0.29) is 23.5 Å². The first kappa shape index (κ1) is 15.0. The van der Waals surface area contributed by atoms with Crippen molar-refractivity contribution in [3.05, 3.63) is 29.7 Å². The molecule has 118 valence electrons. The molecule has 0 aliphatic carbocycles. The Morgan fingerprint density at radius 1 is 1.41 bits per heavy atom. The number of hydrogen-bond donors (Lipinski definition) is 0. The van der Waals surface area contributed by atoms with E-state index in [2.05, 4.69) is 10.1 Å². The fourth-order valence-electron chi connectivity index (χ4n) is 2.78. The number of aromatic nitrogens is 3. The molecular weight excluding hydrogens is 304 g/mol. The van der Waals surface area contributed by atoms with Gasteiger partial charge in [0.25, 0.3) is 5.91 Å². The Bertz CT molecular complexity index is 828. The highest BCUT2D eigenvalue weighted by Crippen LogP contribution is 2.18. The van der Waals surface area contributed by atoms with Crippen molar-refractivity contribution in [2.24, 2.45) is 0 Å². The summed E-state index contributed by atoms with van der Waals surface area (Å²) in [5.41, 5.74) is 1.72. The summed E-state index contributed by atoms with van der Waals surface area (Å²) >= 11 is 0. The molecule has 7 nitrogen and oxygen atoms in total. The Balaban J connectivity index is 1.97. The highest BCUT2D eigenvalue weighted by molar-refractivity contribution is 7.91. The van der Waals surface area contributed by atoms with Gasteiger partial charge in [-0.2, -0.15) is 5.10 Å². The van der Waals surface area contributed by atoms with Crippen molar-refractivity contribution in [3.8, 4) is 0 Å². The number of aryl methyl sites for hydroxylation is 1. The van der Waals surface area contributed by atoms with Gasteiger partial charge in [-0.15, -0.1) is 0 Å². The average Bonchev–Trinajstić information content (AvgIpc) is 2.78. The quantitative estimate of drug-likeness (QED) is 0.771. The number of carbonyl (C=O) groups is 1. The van der Waals surface area contributed by atoms with Crippen molar-refractivity contribution in [1.82, 2.24) is 19.5 Å². The molecule has 1 amide bonds. The monoisotopic (exact) mass is 322 g/mol. The molecule has 3 heterocycles. The second-order valence-corrected chi connectivity index (χ2v) is 7.94. The maximum Gasteiger partial charge on any atom is 0.259 e. The molecule has 1 atom stereocenters. The second kappa shape index (κ2) is 5.35. The van der Waals surface area contributed by atoms with Crippen molar-refractivity contribution in [3.63, 3.8) is 0 Å². The Morgan fingerprint density at radius 2 is 2.18 bits per heavy atom. The summed E-state index contributed by atoms with van der Waals surface area (Å²) in [5, 5.41) is 4.14. The van der Waals surface area contributed by atoms with Gasteiger partial charge in [0.05, 0.1) is 17.7 Å². The van der Waals surface area contributed by atoms with E-state index in [1.54, 1.807) is 22.5 Å². The zero-order valence-electron chi connectivity index (χ0n) is 12.6. The third-order valence-electron chi connectivity index (χ3n) is 3.88. The predicted octanol–water partition coefficient (Wildman–Crippen LogP) is 0.687. The molecule has 1 unspecified atom stereocenters. The van der Waals surface area contributed by atoms with Crippen LogP contribution >= 0.6 is 0 Å². The lowest BCUT2D eigenvalue weighted by atomic mass is 10.2. The summed E-state index contributed by atoms with van der Waals surface area (Å²) in [6.07, 6.45) is 3.71. The van der Waals surface area contributed by atoms with Crippen LogP contribution < -0.4 is 0 Å². The highest BCUT2D eigenvalue weighted by Gasteiger charge is 2.30. The molecule has 0 aromatic carbocycles. The molecule has 8 heteroatoms. The summed E-state index contributed by atoms with van der Waals surface area (Å²) in [6.45, 7) is 4.05. The molecule has 1 saturated heterocycles. The molecule has 0 N–H and O–H groups in total. The van der Waals surface area contributed by atoms with Gasteiger partial charge in [0.1, 0.15) is 5.56 Å². The van der Waals surface area contributed by atoms with Crippen LogP contribution in [0.1, 0.15) is 29.4 Å². The number of nitrogens with zero attached hydrogens (tertiary/aromatic N) is 4. The van der Waals surface area contributed by atoms with Gasteiger partial charge in [0, 0.05) is 24.5 Å². The third kappa shape index (κ3) is 2.70. The number of fused-ring (bicyclic) bond motifs is 1. The van der Waals surface area contributed by atoms with Crippen LogP contribution in [-0.2, 0) is 9.84 Å². The van der Waals surface area contributed by atoms with E-state index in [1.165, 1.54) is 6.20 Å². The van der Waals surface area contributed by atoms with Crippen LogP contribution in [0.25, 0.3) is 5.65 Å².